The molecule has 1 aliphatic rings. The topological polar surface area (TPSA) is 105 Å². The van der Waals surface area contributed by atoms with Crippen LogP contribution in [0, 0.1) is 10.8 Å². The third kappa shape index (κ3) is 5.18. The number of amides is 2. The molecule has 0 spiro atoms. The van der Waals surface area contributed by atoms with Crippen LogP contribution in [-0.4, -0.2) is 42.8 Å². The molecule has 0 saturated carbocycles. The van der Waals surface area contributed by atoms with Crippen molar-refractivity contribution in [2.24, 2.45) is 10.8 Å². The average molecular weight is 453 g/mol. The van der Waals surface area contributed by atoms with Gasteiger partial charge in [0.2, 0.25) is 5.91 Å². The van der Waals surface area contributed by atoms with Crippen LogP contribution in [0.5, 0.6) is 0 Å². The fourth-order valence-corrected chi connectivity index (χ4v) is 3.87. The second kappa shape index (κ2) is 9.65. The van der Waals surface area contributed by atoms with Gasteiger partial charge in [-0.1, -0.05) is 55.5 Å². The highest BCUT2D eigenvalue weighted by atomic mass is 16.5. The Labute approximate surface area is 194 Å². The lowest BCUT2D eigenvalue weighted by molar-refractivity contribution is -0.147. The van der Waals surface area contributed by atoms with Gasteiger partial charge in [0.15, 0.2) is 0 Å². The smallest absolute Gasteiger partial charge is 0.407 e. The number of nitrogens with one attached hydrogen (secondary N) is 2. The summed E-state index contributed by atoms with van der Waals surface area (Å²) in [6.07, 6.45) is -0.120. The van der Waals surface area contributed by atoms with Crippen molar-refractivity contribution in [3.05, 3.63) is 59.7 Å². The number of fused-ring (bicyclic) bond motifs is 3. The second-order valence-electron chi connectivity index (χ2n) is 9.47. The van der Waals surface area contributed by atoms with Crippen LogP contribution in [0.4, 0.5) is 4.79 Å². The fraction of sp³-hybridized carbons (Fsp3) is 0.423. The molecular weight excluding hydrogens is 420 g/mol. The highest BCUT2D eigenvalue weighted by Crippen LogP contribution is 2.44. The minimum atomic E-state index is -1.08. The molecule has 1 aliphatic carbocycles. The summed E-state index contributed by atoms with van der Waals surface area (Å²) in [5.74, 6) is -1.33. The molecule has 7 nitrogen and oxygen atoms in total. The number of benzene rings is 2. The van der Waals surface area contributed by atoms with E-state index in [9.17, 15) is 19.5 Å². The monoisotopic (exact) mass is 452 g/mol. The number of alkyl carbamates (subject to hydrolysis) is 1. The van der Waals surface area contributed by atoms with Gasteiger partial charge >= 0.3 is 12.1 Å². The van der Waals surface area contributed by atoms with Crippen LogP contribution >= 0.6 is 0 Å². The van der Waals surface area contributed by atoms with Crippen LogP contribution in [0.25, 0.3) is 11.1 Å². The molecule has 3 rings (SSSR count). The van der Waals surface area contributed by atoms with E-state index in [1.54, 1.807) is 20.8 Å². The van der Waals surface area contributed by atoms with Crippen LogP contribution in [0.1, 0.15) is 51.2 Å². The van der Waals surface area contributed by atoms with E-state index < -0.39 is 22.9 Å². The summed E-state index contributed by atoms with van der Waals surface area (Å²) in [6.45, 7) is 6.96. The number of aliphatic carboxylic acids is 1. The summed E-state index contributed by atoms with van der Waals surface area (Å²) in [6, 6.07) is 16.2. The van der Waals surface area contributed by atoms with Crippen LogP contribution in [-0.2, 0) is 14.3 Å². The number of ether oxygens (including phenoxy) is 1. The van der Waals surface area contributed by atoms with Gasteiger partial charge in [-0.3, -0.25) is 9.59 Å². The molecule has 1 unspecified atom stereocenters. The Morgan fingerprint density at radius 3 is 1.97 bits per heavy atom. The van der Waals surface area contributed by atoms with E-state index in [1.165, 1.54) is 0 Å². The molecule has 176 valence electrons. The minimum absolute atomic E-state index is 0.00169. The Morgan fingerprint density at radius 1 is 0.909 bits per heavy atom. The van der Waals surface area contributed by atoms with Gasteiger partial charge in [0.1, 0.15) is 6.61 Å². The van der Waals surface area contributed by atoms with Crippen molar-refractivity contribution in [2.45, 2.75) is 40.0 Å². The van der Waals surface area contributed by atoms with Gasteiger partial charge < -0.3 is 20.5 Å². The summed E-state index contributed by atoms with van der Waals surface area (Å²) in [7, 11) is 0. The Balaban J connectivity index is 1.57. The van der Waals surface area contributed by atoms with Gasteiger partial charge in [-0.2, -0.15) is 0 Å². The molecule has 2 amide bonds. The predicted molar refractivity (Wildman–Crippen MR) is 126 cm³/mol. The largest absolute Gasteiger partial charge is 0.481 e. The summed E-state index contributed by atoms with van der Waals surface area (Å²) in [5.41, 5.74) is 2.60. The molecule has 2 aromatic rings. The summed E-state index contributed by atoms with van der Waals surface area (Å²) in [5, 5.41) is 14.7. The second-order valence-corrected chi connectivity index (χ2v) is 9.47. The summed E-state index contributed by atoms with van der Waals surface area (Å²) >= 11 is 0. The maximum atomic E-state index is 12.7. The van der Waals surface area contributed by atoms with Crippen LogP contribution in [0.3, 0.4) is 0 Å². The van der Waals surface area contributed by atoms with E-state index in [1.807, 2.05) is 31.2 Å². The van der Waals surface area contributed by atoms with Crippen LogP contribution < -0.4 is 10.6 Å². The molecule has 2 aromatic carbocycles. The molecule has 0 radical (unpaired) electrons. The van der Waals surface area contributed by atoms with E-state index >= 15 is 0 Å². The Bertz CT molecular complexity index is 1000. The first-order valence-corrected chi connectivity index (χ1v) is 11.2. The van der Waals surface area contributed by atoms with Crippen molar-refractivity contribution in [1.29, 1.82) is 0 Å². The van der Waals surface area contributed by atoms with E-state index in [-0.39, 0.29) is 31.5 Å². The first kappa shape index (κ1) is 24.3. The van der Waals surface area contributed by atoms with Gasteiger partial charge in [0, 0.05) is 19.0 Å². The predicted octanol–water partition coefficient (Wildman–Crippen LogP) is 4.17. The molecule has 1 atom stereocenters. The molecule has 0 saturated heterocycles. The maximum absolute atomic E-state index is 12.7. The fourth-order valence-electron chi connectivity index (χ4n) is 3.87. The van der Waals surface area contributed by atoms with Crippen molar-refractivity contribution in [1.82, 2.24) is 10.6 Å². The molecule has 3 N–H and O–H groups in total. The van der Waals surface area contributed by atoms with Gasteiger partial charge in [0.05, 0.1) is 10.8 Å². The van der Waals surface area contributed by atoms with Crippen LogP contribution in [0.15, 0.2) is 48.5 Å². The van der Waals surface area contributed by atoms with Crippen molar-refractivity contribution in [3.63, 3.8) is 0 Å². The highest BCUT2D eigenvalue weighted by molar-refractivity contribution is 5.84. The number of carboxylic acid groups (broad SMARTS) is 1. The van der Waals surface area contributed by atoms with Gasteiger partial charge in [0.25, 0.3) is 0 Å². The lowest BCUT2D eigenvalue weighted by Gasteiger charge is -2.29. The average Bonchev–Trinajstić information content (AvgIpc) is 3.13. The Morgan fingerprint density at radius 2 is 1.45 bits per heavy atom. The SMILES string of the molecule is CCC(C)(CNC(=O)OCC1c2ccccc2-c2ccccc21)C(=O)NCC(C)(C)C(=O)O. The number of carboxylic acids is 1. The number of carbonyl (C=O) groups excluding carboxylic acids is 2. The third-order valence-electron chi connectivity index (χ3n) is 6.56. The molecular formula is C26H32N2O5. The van der Waals surface area contributed by atoms with E-state index in [2.05, 4.69) is 34.9 Å². The zero-order chi connectivity index (χ0) is 24.2. The third-order valence-corrected chi connectivity index (χ3v) is 6.56. The van der Waals surface area contributed by atoms with E-state index in [0.29, 0.717) is 6.42 Å². The maximum Gasteiger partial charge on any atom is 0.407 e. The lowest BCUT2D eigenvalue weighted by Crippen LogP contribution is -2.49. The molecule has 0 fully saturated rings. The van der Waals surface area contributed by atoms with E-state index in [0.717, 1.165) is 22.3 Å². The Kier molecular flexibility index (Phi) is 7.10. The number of rotatable bonds is 9. The van der Waals surface area contributed by atoms with Crippen LogP contribution in [0.2, 0.25) is 0 Å². The first-order valence-electron chi connectivity index (χ1n) is 11.2. The molecule has 33 heavy (non-hydrogen) atoms. The summed E-state index contributed by atoms with van der Waals surface area (Å²) < 4.78 is 5.55. The van der Waals surface area contributed by atoms with Crippen molar-refractivity contribution >= 4 is 18.0 Å². The number of hydrogen-bond acceptors (Lipinski definition) is 4. The van der Waals surface area contributed by atoms with Gasteiger partial charge in [-0.25, -0.2) is 4.79 Å². The first-order chi connectivity index (χ1) is 15.6. The zero-order valence-corrected chi connectivity index (χ0v) is 19.6. The Hall–Kier alpha value is -3.35. The highest BCUT2D eigenvalue weighted by Gasteiger charge is 2.35. The zero-order valence-electron chi connectivity index (χ0n) is 19.6. The quantitative estimate of drug-likeness (QED) is 0.530. The van der Waals surface area contributed by atoms with Gasteiger partial charge in [-0.05, 0) is 49.4 Å². The van der Waals surface area contributed by atoms with Crippen molar-refractivity contribution in [2.75, 3.05) is 19.7 Å². The molecule has 0 heterocycles. The minimum Gasteiger partial charge on any atom is -0.481 e. The van der Waals surface area contributed by atoms with E-state index in [4.69, 9.17) is 4.74 Å². The van der Waals surface area contributed by atoms with Crippen molar-refractivity contribution < 1.29 is 24.2 Å². The standard InChI is InChI=1S/C26H32N2O5/c1-5-26(4,22(29)27-15-25(2,3)23(30)31)16-28-24(32)33-14-21-19-12-8-6-10-17(19)18-11-7-9-13-20(18)21/h6-13,21H,5,14-16H2,1-4H3,(H,27,29)(H,28,32)(H,30,31). The lowest BCUT2D eigenvalue weighted by atomic mass is 9.85. The molecule has 0 aliphatic heterocycles. The summed E-state index contributed by atoms with van der Waals surface area (Å²) in [4.78, 5) is 36.5. The van der Waals surface area contributed by atoms with Crippen molar-refractivity contribution in [3.8, 4) is 11.1 Å². The van der Waals surface area contributed by atoms with Gasteiger partial charge in [-0.15, -0.1) is 0 Å². The molecule has 0 bridgehead atoms. The number of carbonyl (C=O) groups is 3. The molecule has 7 heteroatoms. The molecule has 0 aromatic heterocycles. The number of hydrogen-bond donors (Lipinski definition) is 3. The normalized spacial score (nSPS) is 14.5.